The standard InChI is InChI=1S/C25H23NO5/c1-17-7-6-8-18(2)25(17)31-16-20-15-19(12-14-24(20)30-3)11-13-23(27)21-9-4-5-10-22(21)26(28)29/h4-15H,16H2,1-3H3/b13-11+. The van der Waals surface area contributed by atoms with Gasteiger partial charge in [-0.25, -0.2) is 0 Å². The van der Waals surface area contributed by atoms with Crippen molar-refractivity contribution in [3.05, 3.63) is 105 Å². The molecule has 0 aliphatic heterocycles. The molecule has 0 saturated carbocycles. The molecule has 0 unspecified atom stereocenters. The van der Waals surface area contributed by atoms with Gasteiger partial charge in [0.25, 0.3) is 5.69 Å². The van der Waals surface area contributed by atoms with Crippen molar-refractivity contribution in [2.75, 3.05) is 7.11 Å². The summed E-state index contributed by atoms with van der Waals surface area (Å²) >= 11 is 0. The van der Waals surface area contributed by atoms with Crippen molar-refractivity contribution in [3.63, 3.8) is 0 Å². The minimum absolute atomic E-state index is 0.0517. The van der Waals surface area contributed by atoms with Crippen LogP contribution in [0.4, 0.5) is 5.69 Å². The third kappa shape index (κ3) is 5.17. The van der Waals surface area contributed by atoms with Gasteiger partial charge in [0.15, 0.2) is 5.78 Å². The van der Waals surface area contributed by atoms with Gasteiger partial charge in [-0.15, -0.1) is 0 Å². The van der Waals surface area contributed by atoms with E-state index < -0.39 is 10.7 Å². The van der Waals surface area contributed by atoms with Crippen LogP contribution in [0.1, 0.15) is 32.6 Å². The highest BCUT2D eigenvalue weighted by Gasteiger charge is 2.17. The van der Waals surface area contributed by atoms with Gasteiger partial charge in [-0.05, 0) is 54.8 Å². The molecule has 0 aromatic heterocycles. The van der Waals surface area contributed by atoms with Crippen LogP contribution in [0.5, 0.6) is 11.5 Å². The number of para-hydroxylation sites is 2. The molecule has 6 heteroatoms. The lowest BCUT2D eigenvalue weighted by atomic mass is 10.1. The van der Waals surface area contributed by atoms with E-state index in [4.69, 9.17) is 9.47 Å². The first-order valence-corrected chi connectivity index (χ1v) is 9.72. The Kier molecular flexibility index (Phi) is 6.82. The molecule has 0 N–H and O–H groups in total. The Balaban J connectivity index is 1.82. The first-order chi connectivity index (χ1) is 14.9. The van der Waals surface area contributed by atoms with Crippen LogP contribution in [-0.2, 0) is 6.61 Å². The number of hydrogen-bond donors (Lipinski definition) is 0. The van der Waals surface area contributed by atoms with E-state index in [9.17, 15) is 14.9 Å². The highest BCUT2D eigenvalue weighted by molar-refractivity contribution is 6.09. The highest BCUT2D eigenvalue weighted by Crippen LogP contribution is 2.27. The van der Waals surface area contributed by atoms with Gasteiger partial charge in [0.2, 0.25) is 0 Å². The van der Waals surface area contributed by atoms with E-state index in [1.165, 1.54) is 24.3 Å². The largest absolute Gasteiger partial charge is 0.496 e. The number of nitrogens with zero attached hydrogens (tertiary/aromatic N) is 1. The summed E-state index contributed by atoms with van der Waals surface area (Å²) in [5, 5.41) is 11.2. The number of aryl methyl sites for hydroxylation is 2. The second-order valence-corrected chi connectivity index (χ2v) is 7.05. The van der Waals surface area contributed by atoms with Gasteiger partial charge in [0, 0.05) is 11.6 Å². The van der Waals surface area contributed by atoms with Gasteiger partial charge < -0.3 is 9.47 Å². The van der Waals surface area contributed by atoms with Crippen molar-refractivity contribution < 1.29 is 19.2 Å². The maximum absolute atomic E-state index is 12.5. The summed E-state index contributed by atoms with van der Waals surface area (Å²) in [5.41, 5.74) is 3.51. The summed E-state index contributed by atoms with van der Waals surface area (Å²) in [6.07, 6.45) is 2.96. The molecule has 0 bridgehead atoms. The molecule has 0 aliphatic rings. The lowest BCUT2D eigenvalue weighted by molar-refractivity contribution is -0.385. The SMILES string of the molecule is COc1ccc(/C=C/C(=O)c2ccccc2[N+](=O)[O-])cc1COc1c(C)cccc1C. The maximum atomic E-state index is 12.5. The van der Waals surface area contributed by atoms with E-state index in [0.29, 0.717) is 12.4 Å². The molecule has 0 aliphatic carbocycles. The smallest absolute Gasteiger partial charge is 0.280 e. The van der Waals surface area contributed by atoms with Crippen LogP contribution in [0, 0.1) is 24.0 Å². The zero-order valence-electron chi connectivity index (χ0n) is 17.6. The minimum atomic E-state index is -0.558. The summed E-state index contributed by atoms with van der Waals surface area (Å²) in [6.45, 7) is 4.29. The monoisotopic (exact) mass is 417 g/mol. The van der Waals surface area contributed by atoms with E-state index in [2.05, 4.69) is 0 Å². The predicted molar refractivity (Wildman–Crippen MR) is 120 cm³/mol. The fourth-order valence-electron chi connectivity index (χ4n) is 3.29. The molecule has 0 radical (unpaired) electrons. The summed E-state index contributed by atoms with van der Waals surface area (Å²) in [6, 6.07) is 17.4. The maximum Gasteiger partial charge on any atom is 0.280 e. The molecule has 3 aromatic carbocycles. The van der Waals surface area contributed by atoms with Crippen LogP contribution in [-0.4, -0.2) is 17.8 Å². The third-order valence-electron chi connectivity index (χ3n) is 4.88. The van der Waals surface area contributed by atoms with Gasteiger partial charge in [0.1, 0.15) is 18.1 Å². The minimum Gasteiger partial charge on any atom is -0.496 e. The Labute approximate surface area is 180 Å². The number of carbonyl (C=O) groups excluding carboxylic acids is 1. The molecule has 0 atom stereocenters. The van der Waals surface area contributed by atoms with E-state index in [0.717, 1.165) is 28.0 Å². The van der Waals surface area contributed by atoms with E-state index in [1.807, 2.05) is 44.2 Å². The topological polar surface area (TPSA) is 78.7 Å². The third-order valence-corrected chi connectivity index (χ3v) is 4.88. The highest BCUT2D eigenvalue weighted by atomic mass is 16.6. The van der Waals surface area contributed by atoms with Crippen LogP contribution in [0.3, 0.4) is 0 Å². The number of ketones is 1. The summed E-state index contributed by atoms with van der Waals surface area (Å²) in [5.74, 6) is 1.07. The average Bonchev–Trinajstić information content (AvgIpc) is 2.77. The summed E-state index contributed by atoms with van der Waals surface area (Å²) in [7, 11) is 1.59. The molecule has 0 amide bonds. The molecule has 0 fully saturated rings. The number of hydrogen-bond acceptors (Lipinski definition) is 5. The number of nitro groups is 1. The normalized spacial score (nSPS) is 10.8. The van der Waals surface area contributed by atoms with Crippen molar-refractivity contribution in [1.29, 1.82) is 0 Å². The molecule has 6 nitrogen and oxygen atoms in total. The summed E-state index contributed by atoms with van der Waals surface area (Å²) < 4.78 is 11.5. The van der Waals surface area contributed by atoms with E-state index in [-0.39, 0.29) is 11.3 Å². The molecule has 31 heavy (non-hydrogen) atoms. The second kappa shape index (κ2) is 9.71. The molecule has 0 heterocycles. The van der Waals surface area contributed by atoms with Gasteiger partial charge in [-0.2, -0.15) is 0 Å². The first-order valence-electron chi connectivity index (χ1n) is 9.72. The van der Waals surface area contributed by atoms with Crippen LogP contribution in [0.2, 0.25) is 0 Å². The fourth-order valence-corrected chi connectivity index (χ4v) is 3.29. The van der Waals surface area contributed by atoms with Gasteiger partial charge in [-0.3, -0.25) is 14.9 Å². The van der Waals surface area contributed by atoms with Gasteiger partial charge in [-0.1, -0.05) is 42.5 Å². The van der Waals surface area contributed by atoms with E-state index in [1.54, 1.807) is 25.3 Å². The molecule has 3 aromatic rings. The Morgan fingerprint density at radius 1 is 1.03 bits per heavy atom. The average molecular weight is 417 g/mol. The number of ether oxygens (including phenoxy) is 2. The molecule has 0 saturated heterocycles. The van der Waals surface area contributed by atoms with E-state index >= 15 is 0 Å². The number of nitro benzene ring substituents is 1. The number of benzene rings is 3. The Morgan fingerprint density at radius 3 is 2.42 bits per heavy atom. The molecule has 0 spiro atoms. The molecule has 3 rings (SSSR count). The molecule has 158 valence electrons. The van der Waals surface area contributed by atoms with Gasteiger partial charge in [0.05, 0.1) is 17.6 Å². The zero-order chi connectivity index (χ0) is 22.4. The lowest BCUT2D eigenvalue weighted by Gasteiger charge is -2.14. The fraction of sp³-hybridized carbons (Fsp3) is 0.160. The van der Waals surface area contributed by atoms with Crippen molar-refractivity contribution in [2.24, 2.45) is 0 Å². The number of methoxy groups -OCH3 is 1. The number of rotatable bonds is 8. The second-order valence-electron chi connectivity index (χ2n) is 7.05. The Bertz CT molecular complexity index is 1130. The van der Waals surface area contributed by atoms with Crippen molar-refractivity contribution in [3.8, 4) is 11.5 Å². The van der Waals surface area contributed by atoms with Crippen LogP contribution < -0.4 is 9.47 Å². The summed E-state index contributed by atoms with van der Waals surface area (Å²) in [4.78, 5) is 23.1. The first kappa shape index (κ1) is 21.8. The molecular weight excluding hydrogens is 394 g/mol. The van der Waals surface area contributed by atoms with Crippen molar-refractivity contribution >= 4 is 17.5 Å². The quantitative estimate of drug-likeness (QED) is 0.203. The number of allylic oxidation sites excluding steroid dienone is 1. The van der Waals surface area contributed by atoms with Crippen LogP contribution in [0.15, 0.2) is 66.7 Å². The number of carbonyl (C=O) groups is 1. The predicted octanol–water partition coefficient (Wildman–Crippen LogP) is 5.70. The van der Waals surface area contributed by atoms with Gasteiger partial charge >= 0.3 is 0 Å². The van der Waals surface area contributed by atoms with Crippen molar-refractivity contribution in [2.45, 2.75) is 20.5 Å². The molecular formula is C25H23NO5. The van der Waals surface area contributed by atoms with Crippen LogP contribution in [0.25, 0.3) is 6.08 Å². The Morgan fingerprint density at radius 2 is 1.74 bits per heavy atom. The van der Waals surface area contributed by atoms with Crippen molar-refractivity contribution in [1.82, 2.24) is 0 Å². The lowest BCUT2D eigenvalue weighted by Crippen LogP contribution is -2.02. The van der Waals surface area contributed by atoms with Crippen LogP contribution >= 0.6 is 0 Å². The zero-order valence-corrected chi connectivity index (χ0v) is 17.6. The Hall–Kier alpha value is -3.93.